The van der Waals surface area contributed by atoms with Crippen LogP contribution in [-0.2, 0) is 6.54 Å². The SMILES string of the molecule is COc1ccc(OCCCNCc2ncc[nH]2)cc1. The van der Waals surface area contributed by atoms with Crippen molar-refractivity contribution in [3.8, 4) is 11.5 Å². The molecule has 5 heteroatoms. The molecule has 0 aliphatic carbocycles. The van der Waals surface area contributed by atoms with E-state index in [9.17, 15) is 0 Å². The molecular formula is C14H19N3O2. The second-order valence-electron chi connectivity index (χ2n) is 4.09. The fraction of sp³-hybridized carbons (Fsp3) is 0.357. The van der Waals surface area contributed by atoms with Crippen LogP contribution in [0.15, 0.2) is 36.7 Å². The van der Waals surface area contributed by atoms with E-state index >= 15 is 0 Å². The van der Waals surface area contributed by atoms with Gasteiger partial charge in [-0.2, -0.15) is 0 Å². The van der Waals surface area contributed by atoms with Crippen molar-refractivity contribution in [3.05, 3.63) is 42.5 Å². The van der Waals surface area contributed by atoms with E-state index in [1.807, 2.05) is 30.5 Å². The third-order valence-corrected chi connectivity index (χ3v) is 2.67. The zero-order valence-corrected chi connectivity index (χ0v) is 11.1. The summed E-state index contributed by atoms with van der Waals surface area (Å²) in [7, 11) is 1.65. The molecule has 1 aromatic heterocycles. The van der Waals surface area contributed by atoms with Crippen LogP contribution >= 0.6 is 0 Å². The van der Waals surface area contributed by atoms with E-state index in [-0.39, 0.29) is 0 Å². The quantitative estimate of drug-likeness (QED) is 0.713. The van der Waals surface area contributed by atoms with Gasteiger partial charge in [0.2, 0.25) is 0 Å². The molecule has 0 aliphatic rings. The third-order valence-electron chi connectivity index (χ3n) is 2.67. The molecule has 0 aliphatic heterocycles. The average molecular weight is 261 g/mol. The largest absolute Gasteiger partial charge is 0.497 e. The molecule has 0 atom stereocenters. The van der Waals surface area contributed by atoms with E-state index < -0.39 is 0 Å². The number of imidazole rings is 1. The zero-order chi connectivity index (χ0) is 13.3. The van der Waals surface area contributed by atoms with Crippen LogP contribution < -0.4 is 14.8 Å². The molecule has 2 aromatic rings. The molecule has 0 amide bonds. The van der Waals surface area contributed by atoms with Crippen LogP contribution in [0.5, 0.6) is 11.5 Å². The van der Waals surface area contributed by atoms with E-state index in [2.05, 4.69) is 15.3 Å². The first kappa shape index (κ1) is 13.4. The number of nitrogens with one attached hydrogen (secondary N) is 2. The summed E-state index contributed by atoms with van der Waals surface area (Å²) in [6, 6.07) is 7.61. The molecule has 5 nitrogen and oxygen atoms in total. The Morgan fingerprint density at radius 2 is 2.00 bits per heavy atom. The Bertz CT molecular complexity index is 454. The van der Waals surface area contributed by atoms with Crippen molar-refractivity contribution in [1.82, 2.24) is 15.3 Å². The molecule has 0 saturated carbocycles. The highest BCUT2D eigenvalue weighted by Crippen LogP contribution is 2.16. The number of H-pyrrole nitrogens is 1. The lowest BCUT2D eigenvalue weighted by molar-refractivity contribution is 0.307. The molecule has 0 bridgehead atoms. The van der Waals surface area contributed by atoms with Crippen molar-refractivity contribution in [1.29, 1.82) is 0 Å². The molecule has 0 saturated heterocycles. The van der Waals surface area contributed by atoms with Gasteiger partial charge < -0.3 is 19.8 Å². The molecule has 0 radical (unpaired) electrons. The van der Waals surface area contributed by atoms with Crippen LogP contribution in [0.3, 0.4) is 0 Å². The fourth-order valence-corrected chi connectivity index (χ4v) is 1.66. The van der Waals surface area contributed by atoms with Gasteiger partial charge in [-0.05, 0) is 37.2 Å². The van der Waals surface area contributed by atoms with Crippen molar-refractivity contribution in [2.75, 3.05) is 20.3 Å². The maximum absolute atomic E-state index is 5.62. The molecule has 0 fully saturated rings. The van der Waals surface area contributed by atoms with Gasteiger partial charge >= 0.3 is 0 Å². The normalized spacial score (nSPS) is 10.4. The lowest BCUT2D eigenvalue weighted by Gasteiger charge is -2.07. The van der Waals surface area contributed by atoms with Crippen LogP contribution in [0, 0.1) is 0 Å². The molecule has 1 heterocycles. The number of aromatic amines is 1. The standard InChI is InChI=1S/C14H19N3O2/c1-18-12-3-5-13(6-4-12)19-10-2-7-15-11-14-16-8-9-17-14/h3-6,8-9,15H,2,7,10-11H2,1H3,(H,16,17). The summed E-state index contributed by atoms with van der Waals surface area (Å²) in [5.74, 6) is 2.66. The Morgan fingerprint density at radius 3 is 2.68 bits per heavy atom. The lowest BCUT2D eigenvalue weighted by Crippen LogP contribution is -2.17. The number of hydrogen-bond donors (Lipinski definition) is 2. The van der Waals surface area contributed by atoms with Gasteiger partial charge in [0, 0.05) is 12.4 Å². The Labute approximate surface area is 113 Å². The van der Waals surface area contributed by atoms with Crippen molar-refractivity contribution < 1.29 is 9.47 Å². The summed E-state index contributed by atoms with van der Waals surface area (Å²) in [5.41, 5.74) is 0. The van der Waals surface area contributed by atoms with E-state index in [4.69, 9.17) is 9.47 Å². The van der Waals surface area contributed by atoms with Gasteiger partial charge in [-0.3, -0.25) is 0 Å². The number of aromatic nitrogens is 2. The van der Waals surface area contributed by atoms with E-state index in [0.717, 1.165) is 36.8 Å². The van der Waals surface area contributed by atoms with Crippen LogP contribution in [0.4, 0.5) is 0 Å². The molecule has 102 valence electrons. The van der Waals surface area contributed by atoms with Gasteiger partial charge in [0.15, 0.2) is 0 Å². The number of nitrogens with zero attached hydrogens (tertiary/aromatic N) is 1. The van der Waals surface area contributed by atoms with Gasteiger partial charge in [-0.1, -0.05) is 0 Å². The molecule has 2 rings (SSSR count). The first-order chi connectivity index (χ1) is 9.38. The molecule has 1 aromatic carbocycles. The zero-order valence-electron chi connectivity index (χ0n) is 11.1. The van der Waals surface area contributed by atoms with Crippen LogP contribution in [0.1, 0.15) is 12.2 Å². The molecule has 19 heavy (non-hydrogen) atoms. The summed E-state index contributed by atoms with van der Waals surface area (Å²) in [6.07, 6.45) is 4.53. The van der Waals surface area contributed by atoms with Crippen LogP contribution in [0.2, 0.25) is 0 Å². The minimum Gasteiger partial charge on any atom is -0.497 e. The van der Waals surface area contributed by atoms with Crippen molar-refractivity contribution in [2.45, 2.75) is 13.0 Å². The highest BCUT2D eigenvalue weighted by atomic mass is 16.5. The van der Waals surface area contributed by atoms with Gasteiger partial charge in [0.05, 0.1) is 20.3 Å². The van der Waals surface area contributed by atoms with Gasteiger partial charge in [0.25, 0.3) is 0 Å². The second kappa shape index (κ2) is 7.43. The first-order valence-corrected chi connectivity index (χ1v) is 6.34. The highest BCUT2D eigenvalue weighted by molar-refractivity contribution is 5.31. The summed E-state index contributed by atoms with van der Waals surface area (Å²) in [5, 5.41) is 3.30. The van der Waals surface area contributed by atoms with E-state index in [1.165, 1.54) is 0 Å². The maximum atomic E-state index is 5.62. The maximum Gasteiger partial charge on any atom is 0.120 e. The summed E-state index contributed by atoms with van der Waals surface area (Å²) in [4.78, 5) is 7.18. The van der Waals surface area contributed by atoms with Crippen molar-refractivity contribution >= 4 is 0 Å². The number of rotatable bonds is 8. The smallest absolute Gasteiger partial charge is 0.120 e. The predicted molar refractivity (Wildman–Crippen MR) is 73.4 cm³/mol. The first-order valence-electron chi connectivity index (χ1n) is 6.34. The number of benzene rings is 1. The summed E-state index contributed by atoms with van der Waals surface area (Å²) in [6.45, 7) is 2.35. The number of methoxy groups -OCH3 is 1. The average Bonchev–Trinajstić information content (AvgIpc) is 2.96. The van der Waals surface area contributed by atoms with Crippen LogP contribution in [-0.4, -0.2) is 30.2 Å². The Morgan fingerprint density at radius 1 is 1.21 bits per heavy atom. The minimum atomic E-state index is 0.692. The second-order valence-corrected chi connectivity index (χ2v) is 4.09. The fourth-order valence-electron chi connectivity index (χ4n) is 1.66. The highest BCUT2D eigenvalue weighted by Gasteiger charge is 1.96. The Hall–Kier alpha value is -2.01. The molecule has 2 N–H and O–H groups in total. The lowest BCUT2D eigenvalue weighted by atomic mass is 10.3. The molecular weight excluding hydrogens is 242 g/mol. The third kappa shape index (κ3) is 4.63. The Balaban J connectivity index is 1.56. The van der Waals surface area contributed by atoms with E-state index in [1.54, 1.807) is 13.3 Å². The summed E-state index contributed by atoms with van der Waals surface area (Å²) >= 11 is 0. The topological polar surface area (TPSA) is 59.2 Å². The predicted octanol–water partition coefficient (Wildman–Crippen LogP) is 1.98. The van der Waals surface area contributed by atoms with Gasteiger partial charge in [0.1, 0.15) is 17.3 Å². The van der Waals surface area contributed by atoms with E-state index in [0.29, 0.717) is 6.61 Å². The van der Waals surface area contributed by atoms with Crippen molar-refractivity contribution in [2.24, 2.45) is 0 Å². The van der Waals surface area contributed by atoms with Crippen LogP contribution in [0.25, 0.3) is 0 Å². The number of ether oxygens (including phenoxy) is 2. The minimum absolute atomic E-state index is 0.692. The van der Waals surface area contributed by atoms with Crippen molar-refractivity contribution in [3.63, 3.8) is 0 Å². The molecule has 0 spiro atoms. The Kier molecular flexibility index (Phi) is 5.25. The summed E-state index contributed by atoms with van der Waals surface area (Å²) < 4.78 is 10.7. The van der Waals surface area contributed by atoms with Gasteiger partial charge in [-0.15, -0.1) is 0 Å². The number of hydrogen-bond acceptors (Lipinski definition) is 4. The van der Waals surface area contributed by atoms with Gasteiger partial charge in [-0.25, -0.2) is 4.98 Å². The molecule has 0 unspecified atom stereocenters. The monoisotopic (exact) mass is 261 g/mol.